The molecule has 1 N–H and O–H groups in total. The molecule has 17 heavy (non-hydrogen) atoms. The Labute approximate surface area is 102 Å². The van der Waals surface area contributed by atoms with Crippen LogP contribution in [0.2, 0.25) is 0 Å². The zero-order valence-electron chi connectivity index (χ0n) is 10.1. The summed E-state index contributed by atoms with van der Waals surface area (Å²) in [5, 5.41) is 9.51. The van der Waals surface area contributed by atoms with E-state index in [0.29, 0.717) is 6.61 Å². The molecule has 0 saturated heterocycles. The fourth-order valence-corrected chi connectivity index (χ4v) is 1.36. The van der Waals surface area contributed by atoms with Crippen molar-refractivity contribution in [3.8, 4) is 0 Å². The topological polar surface area (TPSA) is 46.5 Å². The molecule has 0 aromatic heterocycles. The number of esters is 1. The maximum Gasteiger partial charge on any atom is 0.373 e. The van der Waals surface area contributed by atoms with E-state index in [-0.39, 0.29) is 5.76 Å². The Hall–Kier alpha value is -1.77. The normalized spacial score (nSPS) is 11.2. The van der Waals surface area contributed by atoms with Crippen LogP contribution in [0.25, 0.3) is 6.08 Å². The number of aliphatic hydroxyl groups excluding tert-OH is 1. The van der Waals surface area contributed by atoms with Crippen LogP contribution in [0.1, 0.15) is 31.7 Å². The molecule has 92 valence electrons. The fourth-order valence-electron chi connectivity index (χ4n) is 1.36. The minimum atomic E-state index is -0.662. The molecule has 0 unspecified atom stereocenters. The van der Waals surface area contributed by atoms with E-state index in [0.717, 1.165) is 24.8 Å². The Morgan fingerprint density at radius 1 is 1.29 bits per heavy atom. The Morgan fingerprint density at radius 3 is 2.65 bits per heavy atom. The van der Waals surface area contributed by atoms with Crippen LogP contribution >= 0.6 is 0 Å². The first kappa shape index (κ1) is 13.3. The van der Waals surface area contributed by atoms with Crippen LogP contribution in [0.5, 0.6) is 0 Å². The first-order valence-electron chi connectivity index (χ1n) is 5.87. The second-order valence-corrected chi connectivity index (χ2v) is 3.78. The van der Waals surface area contributed by atoms with Gasteiger partial charge in [0.25, 0.3) is 0 Å². The summed E-state index contributed by atoms with van der Waals surface area (Å²) in [6.45, 7) is 2.44. The fraction of sp³-hybridized carbons (Fsp3) is 0.357. The highest BCUT2D eigenvalue weighted by Crippen LogP contribution is 2.06. The highest BCUT2D eigenvalue weighted by Gasteiger charge is 2.08. The van der Waals surface area contributed by atoms with E-state index in [1.807, 2.05) is 18.2 Å². The van der Waals surface area contributed by atoms with E-state index in [9.17, 15) is 9.90 Å². The van der Waals surface area contributed by atoms with Gasteiger partial charge in [-0.1, -0.05) is 50.1 Å². The van der Waals surface area contributed by atoms with Gasteiger partial charge in [-0.3, -0.25) is 0 Å². The van der Waals surface area contributed by atoms with Gasteiger partial charge in [0.2, 0.25) is 5.76 Å². The van der Waals surface area contributed by atoms with E-state index in [4.69, 9.17) is 4.74 Å². The summed E-state index contributed by atoms with van der Waals surface area (Å²) in [6, 6.07) is 9.16. The monoisotopic (exact) mass is 234 g/mol. The summed E-state index contributed by atoms with van der Waals surface area (Å²) < 4.78 is 4.92. The van der Waals surface area contributed by atoms with Gasteiger partial charge in [-0.2, -0.15) is 0 Å². The van der Waals surface area contributed by atoms with E-state index in [1.54, 1.807) is 12.1 Å². The number of ether oxygens (including phenoxy) is 1. The maximum absolute atomic E-state index is 11.4. The molecule has 0 spiro atoms. The van der Waals surface area contributed by atoms with Crippen LogP contribution in [0.4, 0.5) is 0 Å². The molecule has 0 aliphatic rings. The van der Waals surface area contributed by atoms with Crippen molar-refractivity contribution in [3.63, 3.8) is 0 Å². The van der Waals surface area contributed by atoms with Crippen molar-refractivity contribution in [1.82, 2.24) is 0 Å². The zero-order chi connectivity index (χ0) is 12.5. The molecular formula is C14H18O3. The molecule has 1 aromatic rings. The van der Waals surface area contributed by atoms with Crippen LogP contribution < -0.4 is 0 Å². The summed E-state index contributed by atoms with van der Waals surface area (Å²) in [5.74, 6) is -1.02. The minimum Gasteiger partial charge on any atom is -0.502 e. The van der Waals surface area contributed by atoms with Crippen LogP contribution in [0, 0.1) is 0 Å². The van der Waals surface area contributed by atoms with Crippen molar-refractivity contribution < 1.29 is 14.6 Å². The van der Waals surface area contributed by atoms with E-state index in [2.05, 4.69) is 6.92 Å². The predicted molar refractivity (Wildman–Crippen MR) is 67.5 cm³/mol. The van der Waals surface area contributed by atoms with Gasteiger partial charge >= 0.3 is 5.97 Å². The minimum absolute atomic E-state index is 0.354. The molecule has 0 heterocycles. The van der Waals surface area contributed by atoms with Crippen LogP contribution in [-0.2, 0) is 9.53 Å². The smallest absolute Gasteiger partial charge is 0.373 e. The second kappa shape index (κ2) is 7.49. The molecule has 0 aliphatic carbocycles. The summed E-state index contributed by atoms with van der Waals surface area (Å²) >= 11 is 0. The molecule has 0 fully saturated rings. The van der Waals surface area contributed by atoms with Gasteiger partial charge in [0, 0.05) is 0 Å². The second-order valence-electron chi connectivity index (χ2n) is 3.78. The lowest BCUT2D eigenvalue weighted by molar-refractivity contribution is -0.142. The summed E-state index contributed by atoms with van der Waals surface area (Å²) in [6.07, 6.45) is 4.34. The van der Waals surface area contributed by atoms with E-state index >= 15 is 0 Å². The number of hydrogen-bond donors (Lipinski definition) is 1. The van der Waals surface area contributed by atoms with E-state index in [1.165, 1.54) is 6.08 Å². The summed E-state index contributed by atoms with van der Waals surface area (Å²) in [4.78, 5) is 11.4. The van der Waals surface area contributed by atoms with Crippen molar-refractivity contribution in [2.45, 2.75) is 26.2 Å². The number of rotatable bonds is 6. The third-order valence-corrected chi connectivity index (χ3v) is 2.29. The van der Waals surface area contributed by atoms with Crippen molar-refractivity contribution in [3.05, 3.63) is 41.7 Å². The molecule has 0 saturated carbocycles. The Morgan fingerprint density at radius 2 is 2.00 bits per heavy atom. The lowest BCUT2D eigenvalue weighted by Gasteiger charge is -2.03. The van der Waals surface area contributed by atoms with Gasteiger partial charge in [-0.15, -0.1) is 0 Å². The van der Waals surface area contributed by atoms with Gasteiger partial charge in [-0.25, -0.2) is 4.79 Å². The Balaban J connectivity index is 2.44. The lowest BCUT2D eigenvalue weighted by Crippen LogP contribution is -2.08. The summed E-state index contributed by atoms with van der Waals surface area (Å²) in [7, 11) is 0. The molecule has 1 rings (SSSR count). The Kier molecular flexibility index (Phi) is 5.86. The van der Waals surface area contributed by atoms with Crippen molar-refractivity contribution in [2.24, 2.45) is 0 Å². The number of hydrogen-bond acceptors (Lipinski definition) is 3. The quantitative estimate of drug-likeness (QED) is 0.355. The molecule has 0 aliphatic heterocycles. The molecular weight excluding hydrogens is 216 g/mol. The average molecular weight is 234 g/mol. The lowest BCUT2D eigenvalue weighted by atomic mass is 10.2. The summed E-state index contributed by atoms with van der Waals surface area (Å²) in [5.41, 5.74) is 0.774. The van der Waals surface area contributed by atoms with Crippen LogP contribution in [0.15, 0.2) is 36.1 Å². The average Bonchev–Trinajstić information content (AvgIpc) is 2.35. The van der Waals surface area contributed by atoms with Gasteiger partial charge < -0.3 is 9.84 Å². The SMILES string of the molecule is CCCCCOC(=O)C(O)=Cc1ccccc1. The largest absolute Gasteiger partial charge is 0.502 e. The predicted octanol–water partition coefficient (Wildman–Crippen LogP) is 3.32. The third kappa shape index (κ3) is 5.20. The highest BCUT2D eigenvalue weighted by atomic mass is 16.5. The van der Waals surface area contributed by atoms with Crippen LogP contribution in [-0.4, -0.2) is 17.7 Å². The molecule has 0 amide bonds. The van der Waals surface area contributed by atoms with E-state index < -0.39 is 5.97 Å². The van der Waals surface area contributed by atoms with Gasteiger partial charge in [0.1, 0.15) is 0 Å². The molecule has 3 heteroatoms. The molecule has 0 bridgehead atoms. The number of carbonyl (C=O) groups excluding carboxylic acids is 1. The number of benzene rings is 1. The first-order chi connectivity index (χ1) is 8.24. The first-order valence-corrected chi connectivity index (χ1v) is 5.87. The maximum atomic E-state index is 11.4. The molecule has 3 nitrogen and oxygen atoms in total. The molecule has 1 aromatic carbocycles. The molecule has 0 atom stereocenters. The highest BCUT2D eigenvalue weighted by molar-refractivity contribution is 5.90. The molecule has 0 radical (unpaired) electrons. The van der Waals surface area contributed by atoms with Gasteiger partial charge in [0.15, 0.2) is 0 Å². The van der Waals surface area contributed by atoms with Crippen molar-refractivity contribution in [1.29, 1.82) is 0 Å². The number of aliphatic hydroxyl groups is 1. The number of unbranched alkanes of at least 4 members (excludes halogenated alkanes) is 2. The van der Waals surface area contributed by atoms with Gasteiger partial charge in [0.05, 0.1) is 6.61 Å². The van der Waals surface area contributed by atoms with Crippen LogP contribution in [0.3, 0.4) is 0 Å². The van der Waals surface area contributed by atoms with Crippen molar-refractivity contribution >= 4 is 12.0 Å². The zero-order valence-corrected chi connectivity index (χ0v) is 10.1. The standard InChI is InChI=1S/C14H18O3/c1-2-3-7-10-17-14(16)13(15)11-12-8-5-4-6-9-12/h4-6,8-9,11,15H,2-3,7,10H2,1H3. The van der Waals surface area contributed by atoms with Gasteiger partial charge in [-0.05, 0) is 18.1 Å². The number of carbonyl (C=O) groups is 1. The third-order valence-electron chi connectivity index (χ3n) is 2.29. The van der Waals surface area contributed by atoms with Crippen molar-refractivity contribution in [2.75, 3.05) is 6.61 Å². The Bertz CT molecular complexity index is 368.